The van der Waals surface area contributed by atoms with Gasteiger partial charge in [0.05, 0.1) is 5.75 Å². The summed E-state index contributed by atoms with van der Waals surface area (Å²) in [5, 5.41) is 3.36. The van der Waals surface area contributed by atoms with E-state index in [0.29, 0.717) is 5.75 Å². The van der Waals surface area contributed by atoms with Gasteiger partial charge in [0.2, 0.25) is 0 Å². The van der Waals surface area contributed by atoms with E-state index in [4.69, 9.17) is 0 Å². The van der Waals surface area contributed by atoms with Crippen molar-refractivity contribution in [2.45, 2.75) is 26.2 Å². The first-order valence-corrected chi connectivity index (χ1v) is 7.44. The first-order chi connectivity index (χ1) is 8.31. The van der Waals surface area contributed by atoms with Gasteiger partial charge in [-0.25, -0.2) is 0 Å². The summed E-state index contributed by atoms with van der Waals surface area (Å²) in [6.45, 7) is 3.19. The average molecular weight is 249 g/mol. The van der Waals surface area contributed by atoms with E-state index in [1.165, 1.54) is 11.3 Å². The zero-order valence-corrected chi connectivity index (χ0v) is 11.1. The number of hydrogen-bond donors (Lipinski definition) is 1. The second kappa shape index (κ2) is 6.10. The fraction of sp³-hybridized carbons (Fsp3) is 0.500. The molecule has 0 aliphatic carbocycles. The van der Waals surface area contributed by atoms with Gasteiger partial charge < -0.3 is 5.32 Å². The van der Waals surface area contributed by atoms with Crippen LogP contribution in [0, 0.1) is 0 Å². The summed E-state index contributed by atoms with van der Waals surface area (Å²) in [5.74, 6) is 1.94. The molecule has 17 heavy (non-hydrogen) atoms. The van der Waals surface area contributed by atoms with Gasteiger partial charge in [-0.2, -0.15) is 11.8 Å². The van der Waals surface area contributed by atoms with Gasteiger partial charge in [-0.3, -0.25) is 4.79 Å². The Morgan fingerprint density at radius 3 is 3.18 bits per heavy atom. The normalized spacial score (nSPS) is 13.9. The van der Waals surface area contributed by atoms with Crippen LogP contribution < -0.4 is 5.32 Å². The van der Waals surface area contributed by atoms with E-state index in [2.05, 4.69) is 18.3 Å². The Hall–Kier alpha value is -0.960. The van der Waals surface area contributed by atoms with Crippen LogP contribution in [0.3, 0.4) is 0 Å². The molecule has 0 radical (unpaired) electrons. The summed E-state index contributed by atoms with van der Waals surface area (Å²) in [4.78, 5) is 12.0. The number of carbonyl (C=O) groups excluding carboxylic acids is 1. The molecule has 1 N–H and O–H groups in total. The van der Waals surface area contributed by atoms with Gasteiger partial charge in [-0.05, 0) is 48.8 Å². The Morgan fingerprint density at radius 1 is 1.47 bits per heavy atom. The van der Waals surface area contributed by atoms with Gasteiger partial charge >= 0.3 is 0 Å². The summed E-state index contributed by atoms with van der Waals surface area (Å²) in [5.41, 5.74) is 3.37. The van der Waals surface area contributed by atoms with Crippen LogP contribution in [0.15, 0.2) is 18.2 Å². The Labute approximate surface area is 107 Å². The van der Waals surface area contributed by atoms with E-state index in [1.54, 1.807) is 11.8 Å². The van der Waals surface area contributed by atoms with Gasteiger partial charge in [0.25, 0.3) is 0 Å². The van der Waals surface area contributed by atoms with E-state index in [0.717, 1.165) is 37.1 Å². The number of rotatable bonds is 5. The summed E-state index contributed by atoms with van der Waals surface area (Å²) in [7, 11) is 0. The molecule has 2 rings (SSSR count). The molecule has 1 aliphatic heterocycles. The fourth-order valence-electron chi connectivity index (χ4n) is 2.04. The van der Waals surface area contributed by atoms with Crippen LogP contribution in [0.5, 0.6) is 0 Å². The molecule has 0 spiro atoms. The molecule has 1 aliphatic rings. The number of thioether (sulfide) groups is 1. The maximum atomic E-state index is 12.0. The van der Waals surface area contributed by atoms with E-state index in [9.17, 15) is 4.79 Å². The third kappa shape index (κ3) is 3.25. The van der Waals surface area contributed by atoms with Crippen LogP contribution in [0.1, 0.15) is 35.7 Å². The lowest BCUT2D eigenvalue weighted by atomic mass is 9.99. The van der Waals surface area contributed by atoms with Crippen LogP contribution in [0.4, 0.5) is 5.69 Å². The number of carbonyl (C=O) groups is 1. The molecule has 1 heterocycles. The van der Waals surface area contributed by atoms with Gasteiger partial charge in [0.15, 0.2) is 5.78 Å². The van der Waals surface area contributed by atoms with E-state index in [1.807, 2.05) is 12.1 Å². The zero-order chi connectivity index (χ0) is 12.1. The standard InChI is InChI=1S/C14H19NOS/c1-2-8-17-10-14(16)12-5-6-13-11(9-12)4-3-7-15-13/h5-6,9,15H,2-4,7-8,10H2,1H3. The van der Waals surface area contributed by atoms with Crippen LogP contribution in [0.2, 0.25) is 0 Å². The van der Waals surface area contributed by atoms with Crippen molar-refractivity contribution in [3.63, 3.8) is 0 Å². The zero-order valence-electron chi connectivity index (χ0n) is 10.3. The monoisotopic (exact) mass is 249 g/mol. The third-order valence-corrected chi connectivity index (χ3v) is 4.11. The lowest BCUT2D eigenvalue weighted by Gasteiger charge is -2.18. The number of hydrogen-bond acceptors (Lipinski definition) is 3. The Bertz CT molecular complexity index is 403. The van der Waals surface area contributed by atoms with Crippen molar-refractivity contribution >= 4 is 23.2 Å². The number of anilines is 1. The highest BCUT2D eigenvalue weighted by atomic mass is 32.2. The molecule has 0 amide bonds. The average Bonchev–Trinajstić information content (AvgIpc) is 2.38. The Morgan fingerprint density at radius 2 is 2.35 bits per heavy atom. The van der Waals surface area contributed by atoms with Crippen LogP contribution in [0.25, 0.3) is 0 Å². The molecule has 0 saturated carbocycles. The molecule has 0 unspecified atom stereocenters. The highest BCUT2D eigenvalue weighted by Crippen LogP contribution is 2.23. The van der Waals surface area contributed by atoms with Crippen molar-refractivity contribution in [3.05, 3.63) is 29.3 Å². The van der Waals surface area contributed by atoms with Crippen LogP contribution in [-0.4, -0.2) is 23.8 Å². The SMILES string of the molecule is CCCSCC(=O)c1ccc2c(c1)CCCN2. The molecule has 92 valence electrons. The van der Waals surface area contributed by atoms with Crippen molar-refractivity contribution in [2.24, 2.45) is 0 Å². The predicted octanol–water partition coefficient (Wildman–Crippen LogP) is 3.37. The summed E-state index contributed by atoms with van der Waals surface area (Å²) in [6.07, 6.45) is 3.38. The van der Waals surface area contributed by atoms with Gasteiger partial charge in [-0.15, -0.1) is 0 Å². The first kappa shape index (κ1) is 12.5. The summed E-state index contributed by atoms with van der Waals surface area (Å²) in [6, 6.07) is 6.06. The second-order valence-electron chi connectivity index (χ2n) is 4.38. The quantitative estimate of drug-likeness (QED) is 0.641. The maximum absolute atomic E-state index is 12.0. The lowest BCUT2D eigenvalue weighted by Crippen LogP contribution is -2.13. The Balaban J connectivity index is 2.03. The predicted molar refractivity (Wildman–Crippen MR) is 75.2 cm³/mol. The summed E-state index contributed by atoms with van der Waals surface area (Å²) < 4.78 is 0. The van der Waals surface area contributed by atoms with Crippen molar-refractivity contribution in [1.82, 2.24) is 0 Å². The largest absolute Gasteiger partial charge is 0.385 e. The van der Waals surface area contributed by atoms with Gasteiger partial charge in [-0.1, -0.05) is 6.92 Å². The van der Waals surface area contributed by atoms with Gasteiger partial charge in [0, 0.05) is 17.8 Å². The second-order valence-corrected chi connectivity index (χ2v) is 5.48. The molecule has 0 saturated heterocycles. The lowest BCUT2D eigenvalue weighted by molar-refractivity contribution is 0.102. The van der Waals surface area contributed by atoms with Crippen molar-refractivity contribution in [2.75, 3.05) is 23.4 Å². The highest BCUT2D eigenvalue weighted by molar-refractivity contribution is 7.99. The number of aryl methyl sites for hydroxylation is 1. The van der Waals surface area contributed by atoms with Crippen molar-refractivity contribution < 1.29 is 4.79 Å². The molecule has 2 nitrogen and oxygen atoms in total. The molecular weight excluding hydrogens is 230 g/mol. The molecule has 1 aromatic rings. The minimum atomic E-state index is 0.261. The van der Waals surface area contributed by atoms with E-state index >= 15 is 0 Å². The van der Waals surface area contributed by atoms with E-state index in [-0.39, 0.29) is 5.78 Å². The first-order valence-electron chi connectivity index (χ1n) is 6.29. The number of Topliss-reactive ketones (excluding diaryl/α,β-unsaturated/α-hetero) is 1. The molecule has 0 bridgehead atoms. The number of ketones is 1. The molecule has 3 heteroatoms. The summed E-state index contributed by atoms with van der Waals surface area (Å²) >= 11 is 1.73. The van der Waals surface area contributed by atoms with Crippen molar-refractivity contribution in [3.8, 4) is 0 Å². The molecule has 0 atom stereocenters. The number of fused-ring (bicyclic) bond motifs is 1. The number of nitrogens with one attached hydrogen (secondary N) is 1. The minimum absolute atomic E-state index is 0.261. The van der Waals surface area contributed by atoms with Crippen molar-refractivity contribution in [1.29, 1.82) is 0 Å². The molecule has 1 aromatic carbocycles. The minimum Gasteiger partial charge on any atom is -0.385 e. The van der Waals surface area contributed by atoms with Crippen LogP contribution >= 0.6 is 11.8 Å². The van der Waals surface area contributed by atoms with Crippen LogP contribution in [-0.2, 0) is 6.42 Å². The van der Waals surface area contributed by atoms with Gasteiger partial charge in [0.1, 0.15) is 0 Å². The molecular formula is C14H19NOS. The topological polar surface area (TPSA) is 29.1 Å². The number of benzene rings is 1. The Kier molecular flexibility index (Phi) is 4.49. The van der Waals surface area contributed by atoms with E-state index < -0.39 is 0 Å². The molecule has 0 fully saturated rings. The third-order valence-electron chi connectivity index (χ3n) is 2.95. The highest BCUT2D eigenvalue weighted by Gasteiger charge is 2.12. The molecule has 0 aromatic heterocycles. The smallest absolute Gasteiger partial charge is 0.172 e. The maximum Gasteiger partial charge on any atom is 0.172 e. The fourth-order valence-corrected chi connectivity index (χ4v) is 2.83.